The average Bonchev–Trinajstić information content (AvgIpc) is 2.68. The predicted molar refractivity (Wildman–Crippen MR) is 123 cm³/mol. The molecule has 6 heteroatoms. The molecule has 0 unspecified atom stereocenters. The van der Waals surface area contributed by atoms with Gasteiger partial charge in [-0.1, -0.05) is 12.1 Å². The third-order valence-electron chi connectivity index (χ3n) is 6.70. The highest BCUT2D eigenvalue weighted by atomic mass is 16.6. The number of benzene rings is 1. The van der Waals surface area contributed by atoms with E-state index in [9.17, 15) is 4.79 Å². The van der Waals surface area contributed by atoms with Crippen LogP contribution in [0.3, 0.4) is 0 Å². The fourth-order valence-electron chi connectivity index (χ4n) is 5.01. The number of hydrogen-bond donors (Lipinski definition) is 1. The molecule has 30 heavy (non-hydrogen) atoms. The SMILES string of the molecule is CC(C)(C)OC(=O)C[N+]1(C)CCC(C2CCN(c3ccc(C=NN)cc3)CC2)CC1. The fraction of sp³-hybridized carbons (Fsp3) is 0.667. The molecular weight excluding hydrogens is 376 g/mol. The fourth-order valence-corrected chi connectivity index (χ4v) is 5.01. The van der Waals surface area contributed by atoms with E-state index in [0.717, 1.165) is 48.1 Å². The zero-order valence-corrected chi connectivity index (χ0v) is 19.1. The summed E-state index contributed by atoms with van der Waals surface area (Å²) in [7, 11) is 2.21. The van der Waals surface area contributed by atoms with Gasteiger partial charge in [0.2, 0.25) is 0 Å². The first-order chi connectivity index (χ1) is 14.2. The van der Waals surface area contributed by atoms with E-state index in [1.165, 1.54) is 31.4 Å². The van der Waals surface area contributed by atoms with E-state index in [2.05, 4.69) is 41.3 Å². The lowest BCUT2D eigenvalue weighted by Crippen LogP contribution is -2.54. The first kappa shape index (κ1) is 22.6. The second-order valence-electron chi connectivity index (χ2n) is 10.3. The molecule has 2 N–H and O–H groups in total. The maximum absolute atomic E-state index is 12.3. The summed E-state index contributed by atoms with van der Waals surface area (Å²) in [6.45, 7) is 10.7. The van der Waals surface area contributed by atoms with Gasteiger partial charge < -0.3 is 20.0 Å². The van der Waals surface area contributed by atoms with Crippen molar-refractivity contribution < 1.29 is 14.0 Å². The second kappa shape index (κ2) is 9.38. The Labute approximate surface area is 181 Å². The van der Waals surface area contributed by atoms with Crippen LogP contribution < -0.4 is 10.7 Å². The number of anilines is 1. The van der Waals surface area contributed by atoms with Crippen LogP contribution in [0.25, 0.3) is 0 Å². The molecule has 2 saturated heterocycles. The molecule has 2 aliphatic heterocycles. The summed E-state index contributed by atoms with van der Waals surface area (Å²) in [5, 5.41) is 3.59. The van der Waals surface area contributed by atoms with Gasteiger partial charge in [0.1, 0.15) is 5.60 Å². The van der Waals surface area contributed by atoms with Gasteiger partial charge in [0, 0.05) is 18.8 Å². The lowest BCUT2D eigenvalue weighted by molar-refractivity contribution is -0.908. The van der Waals surface area contributed by atoms with Crippen molar-refractivity contribution in [3.63, 3.8) is 0 Å². The predicted octanol–water partition coefficient (Wildman–Crippen LogP) is 3.39. The van der Waals surface area contributed by atoms with Crippen molar-refractivity contribution in [1.29, 1.82) is 0 Å². The number of likely N-dealkylation sites (N-methyl/N-ethyl adjacent to an activating group) is 1. The molecule has 0 aliphatic carbocycles. The van der Waals surface area contributed by atoms with Crippen LogP contribution in [0.2, 0.25) is 0 Å². The molecule has 3 rings (SSSR count). The molecule has 2 fully saturated rings. The molecule has 6 nitrogen and oxygen atoms in total. The highest BCUT2D eigenvalue weighted by Gasteiger charge is 2.37. The number of nitrogens with zero attached hydrogens (tertiary/aromatic N) is 3. The minimum Gasteiger partial charge on any atom is -0.456 e. The van der Waals surface area contributed by atoms with Crippen molar-refractivity contribution in [2.45, 2.75) is 52.1 Å². The van der Waals surface area contributed by atoms with Gasteiger partial charge in [0.05, 0.1) is 26.4 Å². The lowest BCUT2D eigenvalue weighted by Gasteiger charge is -2.44. The van der Waals surface area contributed by atoms with E-state index in [0.29, 0.717) is 6.54 Å². The molecule has 0 atom stereocenters. The van der Waals surface area contributed by atoms with E-state index in [1.807, 2.05) is 20.8 Å². The minimum atomic E-state index is -0.402. The summed E-state index contributed by atoms with van der Waals surface area (Å²) in [6, 6.07) is 8.47. The van der Waals surface area contributed by atoms with Gasteiger partial charge in [-0.15, -0.1) is 0 Å². The smallest absolute Gasteiger partial charge is 0.362 e. The first-order valence-corrected chi connectivity index (χ1v) is 11.3. The Kier molecular flexibility index (Phi) is 7.06. The average molecular weight is 416 g/mol. The maximum Gasteiger partial charge on any atom is 0.362 e. The molecular formula is C24H39N4O2+. The molecule has 0 bridgehead atoms. The largest absolute Gasteiger partial charge is 0.456 e. The van der Waals surface area contributed by atoms with E-state index in [4.69, 9.17) is 10.6 Å². The van der Waals surface area contributed by atoms with Crippen molar-refractivity contribution in [1.82, 2.24) is 0 Å². The summed E-state index contributed by atoms with van der Waals surface area (Å²) in [6.07, 6.45) is 6.63. The number of piperidine rings is 2. The van der Waals surface area contributed by atoms with Gasteiger partial charge in [-0.25, -0.2) is 4.79 Å². The Balaban J connectivity index is 1.45. The molecule has 0 saturated carbocycles. The summed E-state index contributed by atoms with van der Waals surface area (Å²) < 4.78 is 6.37. The van der Waals surface area contributed by atoms with Crippen LogP contribution in [0.15, 0.2) is 29.4 Å². The quantitative estimate of drug-likeness (QED) is 0.263. The number of carbonyl (C=O) groups excluding carboxylic acids is 1. The molecule has 0 radical (unpaired) electrons. The molecule has 2 heterocycles. The Bertz CT molecular complexity index is 723. The molecule has 1 aromatic rings. The zero-order chi connectivity index (χ0) is 21.8. The monoisotopic (exact) mass is 415 g/mol. The standard InChI is InChI=1S/C24H39N4O2/c1-24(2,3)30-23(29)18-28(4)15-11-21(12-16-28)20-9-13-27(14-10-20)22-7-5-19(6-8-22)17-26-25/h5-8,17,20-21H,9-16,18,25H2,1-4H3/q+1. The number of rotatable bonds is 5. The van der Waals surface area contributed by atoms with Crippen molar-refractivity contribution in [3.05, 3.63) is 29.8 Å². The molecule has 1 aromatic carbocycles. The van der Waals surface area contributed by atoms with E-state index >= 15 is 0 Å². The molecule has 0 amide bonds. The Hall–Kier alpha value is -2.08. The third kappa shape index (κ3) is 6.21. The summed E-state index contributed by atoms with van der Waals surface area (Å²) in [4.78, 5) is 14.8. The lowest BCUT2D eigenvalue weighted by atomic mass is 9.78. The number of esters is 1. The van der Waals surface area contributed by atoms with Crippen LogP contribution in [0, 0.1) is 11.8 Å². The van der Waals surface area contributed by atoms with Crippen molar-refractivity contribution >= 4 is 17.9 Å². The normalized spacial score (nSPS) is 26.1. The highest BCUT2D eigenvalue weighted by Crippen LogP contribution is 2.35. The van der Waals surface area contributed by atoms with Crippen LogP contribution in [0.4, 0.5) is 5.69 Å². The Morgan fingerprint density at radius 3 is 2.23 bits per heavy atom. The first-order valence-electron chi connectivity index (χ1n) is 11.3. The zero-order valence-electron chi connectivity index (χ0n) is 19.1. The van der Waals surface area contributed by atoms with Gasteiger partial charge >= 0.3 is 5.97 Å². The van der Waals surface area contributed by atoms with Crippen molar-refractivity contribution in [2.24, 2.45) is 22.8 Å². The summed E-state index contributed by atoms with van der Waals surface area (Å²) in [5.41, 5.74) is 1.92. The van der Waals surface area contributed by atoms with Gasteiger partial charge in [0.15, 0.2) is 6.54 Å². The third-order valence-corrected chi connectivity index (χ3v) is 6.70. The molecule has 0 aromatic heterocycles. The van der Waals surface area contributed by atoms with Gasteiger partial charge in [-0.2, -0.15) is 5.10 Å². The van der Waals surface area contributed by atoms with Gasteiger partial charge in [-0.3, -0.25) is 0 Å². The van der Waals surface area contributed by atoms with Crippen LogP contribution >= 0.6 is 0 Å². The minimum absolute atomic E-state index is 0.0690. The highest BCUT2D eigenvalue weighted by molar-refractivity contribution is 5.80. The summed E-state index contributed by atoms with van der Waals surface area (Å²) in [5.74, 6) is 6.76. The van der Waals surface area contributed by atoms with Crippen molar-refractivity contribution in [2.75, 3.05) is 44.7 Å². The number of ether oxygens (including phenoxy) is 1. The number of nitrogens with two attached hydrogens (primary N) is 1. The number of likely N-dealkylation sites (tertiary alicyclic amines) is 1. The van der Waals surface area contributed by atoms with Crippen LogP contribution in [-0.2, 0) is 9.53 Å². The molecule has 2 aliphatic rings. The number of carbonyl (C=O) groups is 1. The number of quaternary nitrogens is 1. The van der Waals surface area contributed by atoms with E-state index < -0.39 is 5.60 Å². The van der Waals surface area contributed by atoms with E-state index in [-0.39, 0.29) is 5.97 Å². The van der Waals surface area contributed by atoms with Crippen LogP contribution in [0.5, 0.6) is 0 Å². The number of hydrazone groups is 1. The number of hydrogen-bond acceptors (Lipinski definition) is 5. The Morgan fingerprint density at radius 1 is 1.13 bits per heavy atom. The summed E-state index contributed by atoms with van der Waals surface area (Å²) >= 11 is 0. The topological polar surface area (TPSA) is 67.9 Å². The second-order valence-corrected chi connectivity index (χ2v) is 10.3. The van der Waals surface area contributed by atoms with Crippen LogP contribution in [0.1, 0.15) is 52.0 Å². The van der Waals surface area contributed by atoms with Gasteiger partial charge in [-0.05, 0) is 76.0 Å². The van der Waals surface area contributed by atoms with Crippen LogP contribution in [-0.4, -0.2) is 62.0 Å². The van der Waals surface area contributed by atoms with E-state index in [1.54, 1.807) is 6.21 Å². The molecule has 166 valence electrons. The Morgan fingerprint density at radius 2 is 1.70 bits per heavy atom. The van der Waals surface area contributed by atoms with Gasteiger partial charge in [0.25, 0.3) is 0 Å². The van der Waals surface area contributed by atoms with Crippen molar-refractivity contribution in [3.8, 4) is 0 Å². The maximum atomic E-state index is 12.3. The molecule has 0 spiro atoms.